The third-order valence-corrected chi connectivity index (χ3v) is 15.9. The topological polar surface area (TPSA) is 834 Å². The molecule has 0 saturated carbocycles. The molecule has 4 rings (SSSR count). The number of carboxylic acid groups (broad SMARTS) is 2. The molecular weight excluding hydrogens is 1700 g/mol. The van der Waals surface area contributed by atoms with Crippen molar-refractivity contribution in [3.63, 3.8) is 0 Å². The number of rotatable bonds is 36. The van der Waals surface area contributed by atoms with Gasteiger partial charge < -0.3 is 134 Å². The summed E-state index contributed by atoms with van der Waals surface area (Å²) in [6.07, 6.45) is -60.3. The average Bonchev–Trinajstić information content (AvgIpc) is 0.752. The van der Waals surface area contributed by atoms with Gasteiger partial charge >= 0.3 is 296 Å². The zero-order valence-electron chi connectivity index (χ0n) is 54.5. The maximum atomic E-state index is 12.8. The molecule has 23 atom stereocenters. The second-order valence-corrected chi connectivity index (χ2v) is 27.0. The van der Waals surface area contributed by atoms with Gasteiger partial charge in [-0.3, -0.25) is 20.9 Å². The van der Waals surface area contributed by atoms with Gasteiger partial charge in [0, 0.05) is 19.5 Å². The Bertz CT molecular complexity index is 3480. The Kier molecular flexibility index (Phi) is 62.8. The second-order valence-electron chi connectivity index (χ2n) is 18.4. The first-order valence-electron chi connectivity index (χ1n) is 23.8. The predicted octanol–water partition coefficient (Wildman–Crippen LogP) is -48.5. The molecule has 0 aliphatic carbocycles. The number of carbonyl (C=O) groups excluding carboxylic acids is 2. The van der Waals surface area contributed by atoms with Crippen LogP contribution in [0.1, 0.15) is 6.42 Å². The van der Waals surface area contributed by atoms with Crippen LogP contribution >= 0.6 is 0 Å². The molecule has 0 bridgehead atoms. The second kappa shape index (κ2) is 52.3. The first-order valence-corrected chi connectivity index (χ1v) is 34.7. The number of nitrogens with one attached hydrogen (secondary N) is 3. The molecule has 0 radical (unpaired) electrons. The van der Waals surface area contributed by atoms with Crippen LogP contribution in [0.25, 0.3) is 0 Å². The number of hydrogen-bond acceptors (Lipinski definition) is 49. The van der Waals surface area contributed by atoms with Crippen molar-refractivity contribution in [2.45, 2.75) is 148 Å². The van der Waals surface area contributed by atoms with Gasteiger partial charge in [-0.25, -0.2) is 81.5 Å². The Balaban J connectivity index is -0.00000180. The fourth-order valence-electron chi connectivity index (χ4n) is 8.67. The molecule has 52 nitrogen and oxygen atoms in total. The summed E-state index contributed by atoms with van der Waals surface area (Å²) in [5.74, 6) is -5.15. The molecule has 102 heavy (non-hydrogen) atoms. The minimum atomic E-state index is -6.65. The molecule has 0 aromatic rings. The zero-order chi connectivity index (χ0) is 70.4. The van der Waals surface area contributed by atoms with Gasteiger partial charge in [0.1, 0.15) is 97.5 Å². The maximum absolute atomic E-state index is 12.8. The largest absolute Gasteiger partial charge is 1.00 e. The molecule has 4 heterocycles. The van der Waals surface area contributed by atoms with Crippen molar-refractivity contribution in [1.29, 1.82) is 0 Å². The summed E-state index contributed by atoms with van der Waals surface area (Å²) in [5, 5.41) is 89.9. The molecular formula is C32H47N3Na10O49S8. The monoisotopic (exact) mass is 1740 g/mol. The van der Waals surface area contributed by atoms with Gasteiger partial charge in [-0.1, -0.05) is 0 Å². The number of hydrogen-bond donors (Lipinski definition) is 9. The average molecular weight is 1740 g/mol. The maximum Gasteiger partial charge on any atom is 1.00 e. The number of aliphatic hydroxyl groups is 6. The molecule has 70 heteroatoms. The zero-order valence-corrected chi connectivity index (χ0v) is 81.1. The van der Waals surface area contributed by atoms with Gasteiger partial charge in [-0.05, 0) is 0 Å². The van der Waals surface area contributed by atoms with E-state index in [1.165, 1.54) is 4.72 Å². The van der Waals surface area contributed by atoms with E-state index in [1.54, 1.807) is 0 Å². The number of aliphatic carboxylic acids is 2. The van der Waals surface area contributed by atoms with Crippen molar-refractivity contribution < 1.29 is 518 Å². The van der Waals surface area contributed by atoms with Gasteiger partial charge in [0.15, 0.2) is 68.5 Å². The molecule has 0 aromatic heterocycles. The molecule has 9 N–H and O–H groups in total. The van der Waals surface area contributed by atoms with E-state index in [9.17, 15) is 154 Å². The molecule has 0 amide bonds. The fraction of sp³-hybridized carbons (Fsp3) is 0.938. The molecule has 4 saturated heterocycles. The van der Waals surface area contributed by atoms with Crippen LogP contribution in [-0.2, 0) is 161 Å². The van der Waals surface area contributed by atoms with E-state index >= 15 is 0 Å². The first-order chi connectivity index (χ1) is 41.7. The van der Waals surface area contributed by atoms with E-state index in [-0.39, 0.29) is 296 Å². The fourth-order valence-corrected chi connectivity index (χ4v) is 12.3. The minimum Gasteiger partial charge on any atom is -0.735 e. The molecule has 0 unspecified atom stereocenters. The predicted molar refractivity (Wildman–Crippen MR) is 249 cm³/mol. The number of aliphatic hydroxyl groups excluding tert-OH is 6. The summed E-state index contributed by atoms with van der Waals surface area (Å²) in [6.45, 7) is -8.98. The van der Waals surface area contributed by atoms with E-state index in [4.69, 9.17) is 47.4 Å². The smallest absolute Gasteiger partial charge is 0.735 e. The molecule has 542 valence electrons. The summed E-state index contributed by atoms with van der Waals surface area (Å²) in [6, 6.07) is -8.47. The van der Waals surface area contributed by atoms with Gasteiger partial charge in [0.2, 0.25) is 52.0 Å². The Morgan fingerprint density at radius 1 is 0.422 bits per heavy atom. The molecule has 4 aliphatic heterocycles. The van der Waals surface area contributed by atoms with Crippen LogP contribution in [0.2, 0.25) is 0 Å². The minimum absolute atomic E-state index is 0. The number of carbonyl (C=O) groups is 2. The van der Waals surface area contributed by atoms with Gasteiger partial charge in [0.05, 0.1) is 45.1 Å². The summed E-state index contributed by atoms with van der Waals surface area (Å²) in [5.41, 5.74) is 0. The molecule has 4 fully saturated rings. The summed E-state index contributed by atoms with van der Waals surface area (Å²) >= 11 is 0. The summed E-state index contributed by atoms with van der Waals surface area (Å²) in [7, 11) is -48.2. The Hall–Kier alpha value is 7.26. The van der Waals surface area contributed by atoms with Crippen molar-refractivity contribution in [3.8, 4) is 0 Å². The number of ether oxygens (including phenoxy) is 10. The quantitative estimate of drug-likeness (QED) is 0.0122. The van der Waals surface area contributed by atoms with Crippen LogP contribution in [0.4, 0.5) is 0 Å². The van der Waals surface area contributed by atoms with E-state index in [1.807, 2.05) is 0 Å². The normalized spacial score (nSPS) is 31.0. The number of methoxy groups -OCH3 is 1. The van der Waals surface area contributed by atoms with Gasteiger partial charge in [0.25, 0.3) is 0 Å². The molecule has 0 spiro atoms. The third kappa shape index (κ3) is 42.8. The van der Waals surface area contributed by atoms with Crippen LogP contribution in [0.5, 0.6) is 0 Å². The van der Waals surface area contributed by atoms with Crippen molar-refractivity contribution in [2.24, 2.45) is 0 Å². The molecule has 4 aliphatic rings. The molecule has 0 aromatic carbocycles. The van der Waals surface area contributed by atoms with Crippen molar-refractivity contribution in [1.82, 2.24) is 14.2 Å². The summed E-state index contributed by atoms with van der Waals surface area (Å²) < 4.78 is 361. The van der Waals surface area contributed by atoms with Crippen LogP contribution < -0.4 is 320 Å². The van der Waals surface area contributed by atoms with Crippen LogP contribution in [0.15, 0.2) is 0 Å². The van der Waals surface area contributed by atoms with Gasteiger partial charge in [-0.15, -0.1) is 0 Å². The Morgan fingerprint density at radius 2 is 0.814 bits per heavy atom. The van der Waals surface area contributed by atoms with E-state index in [0.29, 0.717) is 7.11 Å². The standard InChI is InChI=1S/C32H57N3O49S8.10Na/c1-70-29-16(34-86(49,50)51)20(42)22(11(77-29)6-72-89(58,59)60)80-32-26(84-92(67,68)69)21(43)25(27(82-32)28(44)45)81-31-17(35-87(52,53)54)24(83-91(64,65)66)23(12(78-31)7-73-90(61,62)63)79-14(4-37)74-8(2-13(38)39)9(3-36)75-30-15(33-85(46,47)48)19(41)18(40)10(76-30)5-71-88(55,56)57;;;;;;;;;;/h8-12,14-27,29-37,40-43H,2-7H2,1H3,(H,38,39)(H,44,45)(H,46,47,48)(H,49,50,51)(H,52,53,54)(H,55,56,57)(H,58,59,60)(H,61,62,63)(H,64,65,66)(H,67,68,69);;;;;;;;;;/q;10*+1/p-10/t8-,9+,10-,11-,12-,14+,15-,16-,17-,18-,19-,20-,21+,22-,23-,24-,25+,26-,27-,29+,30+,31-,32-;;;;;;;;;;/m1........../s1. The van der Waals surface area contributed by atoms with Crippen LogP contribution in [0.3, 0.4) is 0 Å². The Labute approximate surface area is 801 Å². The van der Waals surface area contributed by atoms with Gasteiger partial charge in [-0.2, -0.15) is 0 Å². The van der Waals surface area contributed by atoms with Crippen molar-refractivity contribution in [2.75, 3.05) is 40.1 Å². The number of carboxylic acids is 2. The van der Waals surface area contributed by atoms with Crippen molar-refractivity contribution in [3.05, 3.63) is 0 Å². The Morgan fingerprint density at radius 3 is 1.21 bits per heavy atom. The summed E-state index contributed by atoms with van der Waals surface area (Å²) in [4.78, 5) is 24.9. The van der Waals surface area contributed by atoms with Crippen LogP contribution in [0, 0.1) is 0 Å². The van der Waals surface area contributed by atoms with Crippen LogP contribution in [-0.4, -0.2) is 328 Å². The van der Waals surface area contributed by atoms with E-state index < -0.39 is 275 Å². The first kappa shape index (κ1) is 122. The third-order valence-electron chi connectivity index (χ3n) is 12.1. The van der Waals surface area contributed by atoms with E-state index in [2.05, 4.69) is 20.9 Å². The van der Waals surface area contributed by atoms with E-state index in [0.717, 1.165) is 9.44 Å². The SMILES string of the molecule is CO[C@H]1O[C@H](COS(=O)(=O)[O-])[C@@H](O[C@@H]2O[C@@H](C(=O)[O-])[C@@H](O[C@H]3O[C@H](COS(=O)(=O)[O-])[C@@H](O[C@@H](CO)O[C@H](CC(=O)[O-])[C@H](CO)O[C@H]4O[C@H](COS(=O)(=O)[O-])[C@@H](O)[C@H](O)[C@H]4NS(=O)(=O)[O-])[C@H](OS(=O)(=O)[O-])[C@H]3NS(=O)(=O)[O-])[C@H](O)[C@H]2OS(=O)(=O)[O-])[C@H](O)[C@H]1NS(=O)(=O)[O-].[Na+].[Na+].[Na+].[Na+].[Na+].[Na+].[Na+].[Na+].[Na+].[Na+]. The van der Waals surface area contributed by atoms with Crippen molar-refractivity contribution >= 4 is 94.8 Å².